The summed E-state index contributed by atoms with van der Waals surface area (Å²) in [7, 11) is 0. The molecule has 0 aliphatic carbocycles. The Labute approximate surface area is 177 Å². The normalized spacial score (nSPS) is 26.3. The van der Waals surface area contributed by atoms with E-state index in [1.807, 2.05) is 0 Å². The minimum absolute atomic E-state index is 0.308. The van der Waals surface area contributed by atoms with Crippen LogP contribution in [0, 0.1) is 0 Å². The molecule has 162 valence electrons. The first kappa shape index (κ1) is 22.4. The topological polar surface area (TPSA) is 129 Å². The number of benzene rings is 2. The van der Waals surface area contributed by atoms with Gasteiger partial charge in [0.05, 0.1) is 12.3 Å². The van der Waals surface area contributed by atoms with Gasteiger partial charge in [-0.05, 0) is 48.5 Å². The monoisotopic (exact) mass is 439 g/mol. The maximum atomic E-state index is 12.1. The Balaban J connectivity index is 1.73. The van der Waals surface area contributed by atoms with E-state index in [0.29, 0.717) is 22.2 Å². The van der Waals surface area contributed by atoms with Crippen molar-refractivity contribution in [1.82, 2.24) is 0 Å². The minimum atomic E-state index is -1.64. The number of carbonyl (C=O) groups excluding carboxylic acids is 1. The number of aliphatic hydroxyl groups is 4. The van der Waals surface area contributed by atoms with Gasteiger partial charge in [0.1, 0.15) is 35.9 Å². The van der Waals surface area contributed by atoms with Crippen molar-refractivity contribution in [3.8, 4) is 11.5 Å². The molecule has 1 aliphatic heterocycles. The molecule has 2 aromatic carbocycles. The maximum absolute atomic E-state index is 12.1. The Morgan fingerprint density at radius 3 is 2.10 bits per heavy atom. The Morgan fingerprint density at radius 1 is 1.00 bits per heavy atom. The molecule has 4 N–H and O–H groups in total. The van der Waals surface area contributed by atoms with Gasteiger partial charge in [-0.3, -0.25) is 4.79 Å². The smallest absolute Gasteiger partial charge is 0.247 e. The lowest BCUT2D eigenvalue weighted by Gasteiger charge is -2.40. The van der Waals surface area contributed by atoms with Crippen LogP contribution in [0.3, 0.4) is 0 Å². The third-order valence-electron chi connectivity index (χ3n) is 4.46. The summed E-state index contributed by atoms with van der Waals surface area (Å²) in [6.07, 6.45) is -7.44. The van der Waals surface area contributed by atoms with E-state index in [1.54, 1.807) is 48.5 Å². The van der Waals surface area contributed by atoms with Crippen LogP contribution >= 0.6 is 11.6 Å². The highest BCUT2D eigenvalue weighted by atomic mass is 35.5. The summed E-state index contributed by atoms with van der Waals surface area (Å²) in [5, 5.41) is 40.6. The highest BCUT2D eigenvalue weighted by molar-refractivity contribution is 6.30. The van der Waals surface area contributed by atoms with E-state index in [-0.39, 0.29) is 0 Å². The molecular weight excluding hydrogens is 418 g/mol. The van der Waals surface area contributed by atoms with E-state index in [4.69, 9.17) is 25.9 Å². The van der Waals surface area contributed by atoms with E-state index >= 15 is 0 Å². The largest absolute Gasteiger partial charge is 0.457 e. The van der Waals surface area contributed by atoms with Crippen molar-refractivity contribution in [2.75, 3.05) is 11.7 Å². The van der Waals surface area contributed by atoms with E-state index in [1.165, 1.54) is 6.92 Å². The molecule has 1 amide bonds. The molecule has 0 unspecified atom stereocenters. The Morgan fingerprint density at radius 2 is 1.57 bits per heavy atom. The molecule has 2 aromatic rings. The molecule has 0 aromatic heterocycles. The molecule has 30 heavy (non-hydrogen) atoms. The number of nitrogens with zero attached hydrogens (tertiary/aromatic N) is 1. The van der Waals surface area contributed by atoms with E-state index in [0.717, 1.165) is 5.06 Å². The van der Waals surface area contributed by atoms with Crippen molar-refractivity contribution in [3.63, 3.8) is 0 Å². The lowest BCUT2D eigenvalue weighted by atomic mass is 9.99. The van der Waals surface area contributed by atoms with Crippen LogP contribution < -0.4 is 9.80 Å². The average molecular weight is 440 g/mol. The van der Waals surface area contributed by atoms with Crippen molar-refractivity contribution >= 4 is 23.2 Å². The van der Waals surface area contributed by atoms with Gasteiger partial charge in [-0.1, -0.05) is 11.6 Å². The van der Waals surface area contributed by atoms with Crippen LogP contribution in [-0.4, -0.2) is 63.6 Å². The lowest BCUT2D eigenvalue weighted by molar-refractivity contribution is -0.302. The Kier molecular flexibility index (Phi) is 7.27. The molecule has 9 nitrogen and oxygen atoms in total. The van der Waals surface area contributed by atoms with Gasteiger partial charge in [0.25, 0.3) is 0 Å². The zero-order chi connectivity index (χ0) is 21.8. The lowest BCUT2D eigenvalue weighted by Crippen LogP contribution is -2.60. The third kappa shape index (κ3) is 5.08. The third-order valence-corrected chi connectivity index (χ3v) is 4.72. The summed E-state index contributed by atoms with van der Waals surface area (Å²) in [6.45, 7) is 0.629. The molecule has 0 spiro atoms. The van der Waals surface area contributed by atoms with Gasteiger partial charge < -0.3 is 29.9 Å². The molecule has 0 radical (unpaired) electrons. The summed E-state index contributed by atoms with van der Waals surface area (Å²) in [6, 6.07) is 13.1. The second-order valence-corrected chi connectivity index (χ2v) is 7.10. The highest BCUT2D eigenvalue weighted by Crippen LogP contribution is 2.28. The minimum Gasteiger partial charge on any atom is -0.457 e. The van der Waals surface area contributed by atoms with Crippen LogP contribution in [0.1, 0.15) is 6.92 Å². The van der Waals surface area contributed by atoms with Crippen molar-refractivity contribution < 1.29 is 39.5 Å². The Hall–Kier alpha value is -2.24. The van der Waals surface area contributed by atoms with Gasteiger partial charge in [-0.15, -0.1) is 0 Å². The molecule has 0 bridgehead atoms. The molecule has 1 aliphatic rings. The average Bonchev–Trinajstić information content (AvgIpc) is 2.74. The second-order valence-electron chi connectivity index (χ2n) is 6.67. The number of amides is 1. The molecular formula is C20H22ClNO8. The number of hydroxylamine groups is 1. The van der Waals surface area contributed by atoms with Crippen molar-refractivity contribution in [1.29, 1.82) is 0 Å². The number of aliphatic hydroxyl groups excluding tert-OH is 4. The van der Waals surface area contributed by atoms with Gasteiger partial charge in [-0.2, -0.15) is 5.06 Å². The summed E-state index contributed by atoms with van der Waals surface area (Å²) >= 11 is 5.85. The molecule has 1 saturated heterocycles. The fourth-order valence-corrected chi connectivity index (χ4v) is 2.99. The summed E-state index contributed by atoms with van der Waals surface area (Å²) in [4.78, 5) is 17.5. The molecule has 5 atom stereocenters. The fraction of sp³-hybridized carbons (Fsp3) is 0.350. The van der Waals surface area contributed by atoms with Crippen molar-refractivity contribution in [2.45, 2.75) is 37.6 Å². The number of rotatable bonds is 6. The van der Waals surface area contributed by atoms with Crippen LogP contribution in [0.25, 0.3) is 0 Å². The van der Waals surface area contributed by atoms with Crippen LogP contribution in [-0.2, 0) is 14.4 Å². The van der Waals surface area contributed by atoms with Crippen LogP contribution in [0.15, 0.2) is 48.5 Å². The second kappa shape index (κ2) is 9.71. The van der Waals surface area contributed by atoms with Crippen LogP contribution in [0.2, 0.25) is 5.02 Å². The number of hydrogen-bond acceptors (Lipinski definition) is 8. The van der Waals surface area contributed by atoms with E-state index in [2.05, 4.69) is 0 Å². The number of carbonyl (C=O) groups is 1. The first-order chi connectivity index (χ1) is 14.3. The molecule has 3 rings (SSSR count). The zero-order valence-corrected chi connectivity index (χ0v) is 16.7. The number of anilines is 1. The summed E-state index contributed by atoms with van der Waals surface area (Å²) in [5.74, 6) is 0.545. The van der Waals surface area contributed by atoms with E-state index < -0.39 is 43.2 Å². The quantitative estimate of drug-likeness (QED) is 0.494. The predicted octanol–water partition coefficient (Wildman–Crippen LogP) is 1.22. The fourth-order valence-electron chi connectivity index (χ4n) is 2.86. The number of hydrogen-bond donors (Lipinski definition) is 4. The standard InChI is InChI=1S/C20H22ClNO8/c1-11(24)22(30-20-19(27)18(26)17(25)16(10-23)29-20)13-4-8-15(9-5-13)28-14-6-2-12(21)3-7-14/h2-9,16-20,23,25-27H,10H2,1H3/t16-,17+,18+,19-,20+/m0/s1. The van der Waals surface area contributed by atoms with Gasteiger partial charge in [0.15, 0.2) is 0 Å². The van der Waals surface area contributed by atoms with E-state index in [9.17, 15) is 25.2 Å². The summed E-state index contributed by atoms with van der Waals surface area (Å²) in [5.41, 5.74) is 0.308. The number of halogens is 1. The Bertz CT molecular complexity index is 845. The zero-order valence-electron chi connectivity index (χ0n) is 16.0. The SMILES string of the molecule is CC(=O)N(O[C@H]1O[C@@H](CO)[C@@H](O)[C@@H](O)[C@@H]1O)c1ccc(Oc2ccc(Cl)cc2)cc1. The van der Waals surface area contributed by atoms with Gasteiger partial charge in [0, 0.05) is 11.9 Å². The predicted molar refractivity (Wildman–Crippen MR) is 106 cm³/mol. The van der Waals surface area contributed by atoms with Gasteiger partial charge >= 0.3 is 0 Å². The first-order valence-electron chi connectivity index (χ1n) is 9.11. The molecule has 10 heteroatoms. The molecule has 1 fully saturated rings. The highest BCUT2D eigenvalue weighted by Gasteiger charge is 2.45. The van der Waals surface area contributed by atoms with Crippen LogP contribution in [0.5, 0.6) is 11.5 Å². The van der Waals surface area contributed by atoms with Crippen LogP contribution in [0.4, 0.5) is 5.69 Å². The van der Waals surface area contributed by atoms with Crippen molar-refractivity contribution in [3.05, 3.63) is 53.6 Å². The van der Waals surface area contributed by atoms with Gasteiger partial charge in [-0.25, -0.2) is 4.84 Å². The first-order valence-corrected chi connectivity index (χ1v) is 9.49. The van der Waals surface area contributed by atoms with Crippen molar-refractivity contribution in [2.24, 2.45) is 0 Å². The maximum Gasteiger partial charge on any atom is 0.247 e. The molecule has 0 saturated carbocycles. The molecule has 1 heterocycles. The van der Waals surface area contributed by atoms with Gasteiger partial charge in [0.2, 0.25) is 12.2 Å². The number of ether oxygens (including phenoxy) is 2. The summed E-state index contributed by atoms with van der Waals surface area (Å²) < 4.78 is 11.0.